The highest BCUT2D eigenvalue weighted by atomic mass is 19.1. The molecule has 1 fully saturated rings. The number of benzene rings is 1. The van der Waals surface area contributed by atoms with E-state index in [0.29, 0.717) is 6.42 Å². The fourth-order valence-corrected chi connectivity index (χ4v) is 2.43. The summed E-state index contributed by atoms with van der Waals surface area (Å²) in [5.41, 5.74) is -0.0335. The molecule has 0 heterocycles. The first-order valence-electron chi connectivity index (χ1n) is 6.46. The number of hydrogen-bond acceptors (Lipinski definition) is 4. The maximum Gasteiger partial charge on any atom is 0.295 e. The topological polar surface area (TPSA) is 75.4 Å². The molecule has 0 bridgehead atoms. The Morgan fingerprint density at radius 1 is 1.32 bits per heavy atom. The number of nitrogens with one attached hydrogen (secondary N) is 1. The van der Waals surface area contributed by atoms with Gasteiger partial charge in [-0.25, -0.2) is 4.39 Å². The molecule has 2 N–H and O–H groups in total. The smallest absolute Gasteiger partial charge is 0.295 e. The van der Waals surface area contributed by atoms with Crippen LogP contribution in [0.2, 0.25) is 0 Å². The summed E-state index contributed by atoms with van der Waals surface area (Å²) in [7, 11) is 0. The molecule has 19 heavy (non-hydrogen) atoms. The molecule has 0 aromatic heterocycles. The lowest BCUT2D eigenvalue weighted by molar-refractivity contribution is -0.384. The van der Waals surface area contributed by atoms with Gasteiger partial charge in [0.1, 0.15) is 11.5 Å². The molecule has 0 saturated heterocycles. The molecular weight excluding hydrogens is 251 g/mol. The van der Waals surface area contributed by atoms with Crippen molar-refractivity contribution in [3.63, 3.8) is 0 Å². The molecule has 1 aromatic rings. The summed E-state index contributed by atoms with van der Waals surface area (Å²) in [5, 5.41) is 23.9. The molecule has 6 heteroatoms. The van der Waals surface area contributed by atoms with Crippen LogP contribution in [0.1, 0.15) is 32.1 Å². The Labute approximate surface area is 110 Å². The summed E-state index contributed by atoms with van der Waals surface area (Å²) in [4.78, 5) is 10.3. The molecule has 2 rings (SSSR count). The third-order valence-corrected chi connectivity index (χ3v) is 3.48. The van der Waals surface area contributed by atoms with E-state index in [2.05, 4.69) is 5.32 Å². The Bertz CT molecular complexity index is 467. The standard InChI is InChI=1S/C13H17FN2O3/c14-9-6-7-10(12(8-9)16(18)19)15-11-4-2-1-3-5-13(11)17/h6-8,11,13,15,17H,1-5H2. The Morgan fingerprint density at radius 3 is 2.79 bits per heavy atom. The third kappa shape index (κ3) is 3.41. The van der Waals surface area contributed by atoms with Crippen LogP contribution in [-0.4, -0.2) is 22.2 Å². The summed E-state index contributed by atoms with van der Waals surface area (Å²) in [6.07, 6.45) is 3.92. The molecule has 0 spiro atoms. The summed E-state index contributed by atoms with van der Waals surface area (Å²) in [5.74, 6) is -0.640. The number of anilines is 1. The van der Waals surface area contributed by atoms with Crippen molar-refractivity contribution < 1.29 is 14.4 Å². The number of nitro groups is 1. The van der Waals surface area contributed by atoms with Crippen molar-refractivity contribution >= 4 is 11.4 Å². The number of rotatable bonds is 3. The van der Waals surface area contributed by atoms with Crippen LogP contribution >= 0.6 is 0 Å². The first-order chi connectivity index (χ1) is 9.08. The number of halogens is 1. The SMILES string of the molecule is O=[N+]([O-])c1cc(F)ccc1NC1CCCCCC1O. The van der Waals surface area contributed by atoms with Crippen LogP contribution in [0.3, 0.4) is 0 Å². The second kappa shape index (κ2) is 5.97. The van der Waals surface area contributed by atoms with Crippen molar-refractivity contribution in [2.75, 3.05) is 5.32 Å². The van der Waals surface area contributed by atoms with E-state index in [-0.39, 0.29) is 17.4 Å². The van der Waals surface area contributed by atoms with Crippen molar-refractivity contribution in [1.29, 1.82) is 0 Å². The van der Waals surface area contributed by atoms with Gasteiger partial charge in [-0.05, 0) is 25.0 Å². The van der Waals surface area contributed by atoms with Gasteiger partial charge in [0.15, 0.2) is 0 Å². The second-order valence-corrected chi connectivity index (χ2v) is 4.87. The van der Waals surface area contributed by atoms with E-state index in [4.69, 9.17) is 0 Å². The highest BCUT2D eigenvalue weighted by Crippen LogP contribution is 2.28. The molecule has 1 aromatic carbocycles. The lowest BCUT2D eigenvalue weighted by atomic mass is 10.1. The Balaban J connectivity index is 2.19. The number of aliphatic hydroxyl groups is 1. The molecule has 104 valence electrons. The normalized spacial score (nSPS) is 23.7. The average molecular weight is 268 g/mol. The molecule has 1 aliphatic rings. The van der Waals surface area contributed by atoms with Crippen molar-refractivity contribution in [2.45, 2.75) is 44.2 Å². The fraction of sp³-hybridized carbons (Fsp3) is 0.538. The first kappa shape index (κ1) is 13.7. The van der Waals surface area contributed by atoms with Gasteiger partial charge in [-0.1, -0.05) is 19.3 Å². The van der Waals surface area contributed by atoms with E-state index in [1.165, 1.54) is 12.1 Å². The number of nitro benzene ring substituents is 1. The van der Waals surface area contributed by atoms with Crippen LogP contribution in [0.25, 0.3) is 0 Å². The maximum atomic E-state index is 13.0. The van der Waals surface area contributed by atoms with Crippen molar-refractivity contribution in [1.82, 2.24) is 0 Å². The zero-order valence-electron chi connectivity index (χ0n) is 10.5. The molecular formula is C13H17FN2O3. The van der Waals surface area contributed by atoms with Gasteiger partial charge >= 0.3 is 0 Å². The number of hydrogen-bond donors (Lipinski definition) is 2. The quantitative estimate of drug-likeness (QED) is 0.502. The zero-order chi connectivity index (χ0) is 13.8. The summed E-state index contributed by atoms with van der Waals surface area (Å²) in [6.45, 7) is 0. The molecule has 5 nitrogen and oxygen atoms in total. The molecule has 2 atom stereocenters. The van der Waals surface area contributed by atoms with Crippen LogP contribution in [-0.2, 0) is 0 Å². The highest BCUT2D eigenvalue weighted by Gasteiger charge is 2.24. The van der Waals surface area contributed by atoms with E-state index in [1.54, 1.807) is 0 Å². The van der Waals surface area contributed by atoms with Gasteiger partial charge in [0, 0.05) is 0 Å². The van der Waals surface area contributed by atoms with Gasteiger partial charge in [0.25, 0.3) is 5.69 Å². The predicted octanol–water partition coefficient (Wildman–Crippen LogP) is 2.84. The van der Waals surface area contributed by atoms with E-state index < -0.39 is 16.8 Å². The van der Waals surface area contributed by atoms with Crippen LogP contribution in [0.5, 0.6) is 0 Å². The van der Waals surface area contributed by atoms with Gasteiger partial charge in [-0.3, -0.25) is 10.1 Å². The molecule has 0 radical (unpaired) electrons. The van der Waals surface area contributed by atoms with Crippen molar-refractivity contribution in [2.24, 2.45) is 0 Å². The second-order valence-electron chi connectivity index (χ2n) is 4.87. The van der Waals surface area contributed by atoms with Crippen LogP contribution in [0.15, 0.2) is 18.2 Å². The minimum Gasteiger partial charge on any atom is -0.391 e. The predicted molar refractivity (Wildman–Crippen MR) is 69.6 cm³/mol. The van der Waals surface area contributed by atoms with E-state index >= 15 is 0 Å². The fourth-order valence-electron chi connectivity index (χ4n) is 2.43. The van der Waals surface area contributed by atoms with Gasteiger partial charge in [-0.2, -0.15) is 0 Å². The summed E-state index contributed by atoms with van der Waals surface area (Å²) >= 11 is 0. The van der Waals surface area contributed by atoms with Crippen molar-refractivity contribution in [3.05, 3.63) is 34.1 Å². The van der Waals surface area contributed by atoms with E-state index in [1.807, 2.05) is 0 Å². The molecule has 2 unspecified atom stereocenters. The maximum absolute atomic E-state index is 13.0. The summed E-state index contributed by atoms with van der Waals surface area (Å²) in [6, 6.07) is 3.21. The largest absolute Gasteiger partial charge is 0.391 e. The number of nitrogens with zero attached hydrogens (tertiary/aromatic N) is 1. The van der Waals surface area contributed by atoms with Crippen LogP contribution < -0.4 is 5.32 Å². The number of aliphatic hydroxyl groups excluding tert-OH is 1. The monoisotopic (exact) mass is 268 g/mol. The molecule has 1 aliphatic carbocycles. The third-order valence-electron chi connectivity index (χ3n) is 3.48. The Kier molecular flexibility index (Phi) is 4.31. The Morgan fingerprint density at radius 2 is 2.05 bits per heavy atom. The minimum atomic E-state index is -0.640. The van der Waals surface area contributed by atoms with Crippen molar-refractivity contribution in [3.8, 4) is 0 Å². The highest BCUT2D eigenvalue weighted by molar-refractivity contribution is 5.62. The minimum absolute atomic E-state index is 0.216. The van der Waals surface area contributed by atoms with Gasteiger partial charge < -0.3 is 10.4 Å². The lowest BCUT2D eigenvalue weighted by Crippen LogP contribution is -2.32. The van der Waals surface area contributed by atoms with E-state index in [9.17, 15) is 19.6 Å². The average Bonchev–Trinajstić information content (AvgIpc) is 2.57. The summed E-state index contributed by atoms with van der Waals surface area (Å²) < 4.78 is 13.0. The lowest BCUT2D eigenvalue weighted by Gasteiger charge is -2.22. The molecule has 0 aliphatic heterocycles. The van der Waals surface area contributed by atoms with E-state index in [0.717, 1.165) is 31.7 Å². The van der Waals surface area contributed by atoms with Crippen LogP contribution in [0, 0.1) is 15.9 Å². The van der Waals surface area contributed by atoms with Gasteiger partial charge in [-0.15, -0.1) is 0 Å². The molecule has 0 amide bonds. The van der Waals surface area contributed by atoms with Crippen LogP contribution in [0.4, 0.5) is 15.8 Å². The van der Waals surface area contributed by atoms with Gasteiger partial charge in [0.2, 0.25) is 0 Å². The molecule has 1 saturated carbocycles. The first-order valence-corrected chi connectivity index (χ1v) is 6.46. The zero-order valence-corrected chi connectivity index (χ0v) is 10.5. The van der Waals surface area contributed by atoms with Gasteiger partial charge in [0.05, 0.1) is 23.1 Å². The Hall–Kier alpha value is -1.69.